The lowest BCUT2D eigenvalue weighted by atomic mass is 9.92. The smallest absolute Gasteiger partial charge is 0.119 e. The standard InChI is InChI=1S/C18H30N2O/c1-5-21-17-8-6-16(7-9-17)18(19-4)13-20-11-10-14(2)12-15(20)3/h6-9,14-15,18-19H,5,10-13H2,1-4H3. The Morgan fingerprint density at radius 1 is 1.29 bits per heavy atom. The van der Waals surface area contributed by atoms with Crippen molar-refractivity contribution < 1.29 is 4.74 Å². The molecule has 1 aromatic rings. The predicted octanol–water partition coefficient (Wildman–Crippen LogP) is 3.47. The van der Waals surface area contributed by atoms with Gasteiger partial charge in [-0.15, -0.1) is 0 Å². The molecule has 118 valence electrons. The zero-order valence-corrected chi connectivity index (χ0v) is 13.9. The zero-order valence-electron chi connectivity index (χ0n) is 13.9. The molecular formula is C18H30N2O. The summed E-state index contributed by atoms with van der Waals surface area (Å²) in [6.45, 7) is 9.77. The molecule has 0 bridgehead atoms. The monoisotopic (exact) mass is 290 g/mol. The predicted molar refractivity (Wildman–Crippen MR) is 88.8 cm³/mol. The first kappa shape index (κ1) is 16.3. The van der Waals surface area contributed by atoms with Crippen LogP contribution in [0.2, 0.25) is 0 Å². The molecule has 3 heteroatoms. The van der Waals surface area contributed by atoms with Crippen LogP contribution in [0.5, 0.6) is 5.75 Å². The van der Waals surface area contributed by atoms with Gasteiger partial charge in [0.15, 0.2) is 0 Å². The number of hydrogen-bond donors (Lipinski definition) is 1. The van der Waals surface area contributed by atoms with E-state index in [1.165, 1.54) is 24.9 Å². The third kappa shape index (κ3) is 4.45. The number of likely N-dealkylation sites (N-methyl/N-ethyl adjacent to an activating group) is 1. The lowest BCUT2D eigenvalue weighted by molar-refractivity contribution is 0.118. The maximum absolute atomic E-state index is 5.52. The second-order valence-electron chi connectivity index (χ2n) is 6.32. The van der Waals surface area contributed by atoms with Crippen molar-refractivity contribution in [2.75, 3.05) is 26.7 Å². The Morgan fingerprint density at radius 3 is 2.57 bits per heavy atom. The van der Waals surface area contributed by atoms with Gasteiger partial charge in [-0.25, -0.2) is 0 Å². The summed E-state index contributed by atoms with van der Waals surface area (Å²) < 4.78 is 5.52. The molecule has 21 heavy (non-hydrogen) atoms. The average Bonchev–Trinajstić information content (AvgIpc) is 2.48. The van der Waals surface area contributed by atoms with Gasteiger partial charge in [0.1, 0.15) is 5.75 Å². The SMILES string of the molecule is CCOc1ccc(C(CN2CCC(C)CC2C)NC)cc1. The van der Waals surface area contributed by atoms with Crippen molar-refractivity contribution in [3.05, 3.63) is 29.8 Å². The van der Waals surface area contributed by atoms with Crippen LogP contribution in [0.15, 0.2) is 24.3 Å². The number of nitrogens with zero attached hydrogens (tertiary/aromatic N) is 1. The average molecular weight is 290 g/mol. The van der Waals surface area contributed by atoms with E-state index in [0.29, 0.717) is 12.1 Å². The lowest BCUT2D eigenvalue weighted by Crippen LogP contribution is -2.44. The van der Waals surface area contributed by atoms with Crippen LogP contribution in [-0.2, 0) is 0 Å². The largest absolute Gasteiger partial charge is 0.494 e. The number of ether oxygens (including phenoxy) is 1. The van der Waals surface area contributed by atoms with E-state index in [1.54, 1.807) is 0 Å². The van der Waals surface area contributed by atoms with Crippen LogP contribution in [0.4, 0.5) is 0 Å². The second-order valence-corrected chi connectivity index (χ2v) is 6.32. The summed E-state index contributed by atoms with van der Waals surface area (Å²) in [7, 11) is 2.05. The first-order valence-electron chi connectivity index (χ1n) is 8.28. The second kappa shape index (κ2) is 7.81. The summed E-state index contributed by atoms with van der Waals surface area (Å²) in [5, 5.41) is 3.47. The highest BCUT2D eigenvalue weighted by Gasteiger charge is 2.25. The van der Waals surface area contributed by atoms with Gasteiger partial charge >= 0.3 is 0 Å². The van der Waals surface area contributed by atoms with Gasteiger partial charge in [-0.2, -0.15) is 0 Å². The number of rotatable bonds is 6. The van der Waals surface area contributed by atoms with Crippen LogP contribution < -0.4 is 10.1 Å². The highest BCUT2D eigenvalue weighted by atomic mass is 16.5. The molecule has 0 aliphatic carbocycles. The molecule has 2 rings (SSSR count). The van der Waals surface area contributed by atoms with Gasteiger partial charge in [-0.05, 0) is 63.9 Å². The number of piperidine rings is 1. The number of nitrogens with one attached hydrogen (secondary N) is 1. The molecule has 0 amide bonds. The Bertz CT molecular complexity index is 418. The molecule has 1 saturated heterocycles. The van der Waals surface area contributed by atoms with E-state index in [9.17, 15) is 0 Å². The number of benzene rings is 1. The Kier molecular flexibility index (Phi) is 6.07. The Labute approximate surface area is 129 Å². The van der Waals surface area contributed by atoms with Crippen LogP contribution in [0.1, 0.15) is 45.2 Å². The summed E-state index contributed by atoms with van der Waals surface area (Å²) in [4.78, 5) is 2.62. The minimum Gasteiger partial charge on any atom is -0.494 e. The van der Waals surface area contributed by atoms with Gasteiger partial charge < -0.3 is 10.1 Å². The summed E-state index contributed by atoms with van der Waals surface area (Å²) >= 11 is 0. The normalized spacial score (nSPS) is 24.8. The fourth-order valence-corrected chi connectivity index (χ4v) is 3.29. The van der Waals surface area contributed by atoms with Gasteiger partial charge in [-0.3, -0.25) is 4.90 Å². The highest BCUT2D eigenvalue weighted by molar-refractivity contribution is 5.29. The van der Waals surface area contributed by atoms with Crippen LogP contribution in [0.3, 0.4) is 0 Å². The Hall–Kier alpha value is -1.06. The van der Waals surface area contributed by atoms with Crippen molar-refractivity contribution in [3.63, 3.8) is 0 Å². The number of likely N-dealkylation sites (tertiary alicyclic amines) is 1. The molecule has 1 aliphatic rings. The van der Waals surface area contributed by atoms with Crippen LogP contribution >= 0.6 is 0 Å². The topological polar surface area (TPSA) is 24.5 Å². The zero-order chi connectivity index (χ0) is 15.2. The molecule has 1 fully saturated rings. The van der Waals surface area contributed by atoms with E-state index < -0.39 is 0 Å². The molecule has 3 unspecified atom stereocenters. The van der Waals surface area contributed by atoms with E-state index in [0.717, 1.165) is 24.8 Å². The van der Waals surface area contributed by atoms with E-state index in [1.807, 2.05) is 6.92 Å². The number of hydrogen-bond acceptors (Lipinski definition) is 3. The molecule has 0 saturated carbocycles. The summed E-state index contributed by atoms with van der Waals surface area (Å²) in [6, 6.07) is 9.59. The van der Waals surface area contributed by atoms with Crippen molar-refractivity contribution >= 4 is 0 Å². The molecule has 0 radical (unpaired) electrons. The van der Waals surface area contributed by atoms with Crippen LogP contribution in [0.25, 0.3) is 0 Å². The van der Waals surface area contributed by atoms with Gasteiger partial charge in [0.25, 0.3) is 0 Å². The fraction of sp³-hybridized carbons (Fsp3) is 0.667. The fourth-order valence-electron chi connectivity index (χ4n) is 3.29. The van der Waals surface area contributed by atoms with E-state index in [4.69, 9.17) is 4.74 Å². The minimum atomic E-state index is 0.386. The summed E-state index contributed by atoms with van der Waals surface area (Å²) in [5.41, 5.74) is 1.34. The third-order valence-electron chi connectivity index (χ3n) is 4.63. The molecule has 0 aromatic heterocycles. The van der Waals surface area contributed by atoms with Crippen molar-refractivity contribution in [1.82, 2.24) is 10.2 Å². The summed E-state index contributed by atoms with van der Waals surface area (Å²) in [6.07, 6.45) is 2.64. The van der Waals surface area contributed by atoms with Crippen molar-refractivity contribution in [2.45, 2.75) is 45.7 Å². The van der Waals surface area contributed by atoms with Gasteiger partial charge in [0, 0.05) is 18.6 Å². The molecule has 3 atom stereocenters. The molecule has 0 spiro atoms. The minimum absolute atomic E-state index is 0.386. The summed E-state index contributed by atoms with van der Waals surface area (Å²) in [5.74, 6) is 1.83. The first-order chi connectivity index (χ1) is 10.1. The van der Waals surface area contributed by atoms with Gasteiger partial charge in [0.2, 0.25) is 0 Å². The molecule has 1 N–H and O–H groups in total. The van der Waals surface area contributed by atoms with Crippen LogP contribution in [0, 0.1) is 5.92 Å². The quantitative estimate of drug-likeness (QED) is 0.868. The highest BCUT2D eigenvalue weighted by Crippen LogP contribution is 2.25. The van der Waals surface area contributed by atoms with Crippen molar-refractivity contribution in [3.8, 4) is 5.75 Å². The Morgan fingerprint density at radius 2 is 2.00 bits per heavy atom. The molecule has 3 nitrogen and oxygen atoms in total. The molecule has 1 heterocycles. The maximum Gasteiger partial charge on any atom is 0.119 e. The molecule has 1 aromatic carbocycles. The van der Waals surface area contributed by atoms with Crippen molar-refractivity contribution in [1.29, 1.82) is 0 Å². The molecule has 1 aliphatic heterocycles. The van der Waals surface area contributed by atoms with Gasteiger partial charge in [0.05, 0.1) is 6.61 Å². The van der Waals surface area contributed by atoms with Gasteiger partial charge in [-0.1, -0.05) is 19.1 Å². The maximum atomic E-state index is 5.52. The van der Waals surface area contributed by atoms with E-state index in [-0.39, 0.29) is 0 Å². The van der Waals surface area contributed by atoms with Crippen LogP contribution in [-0.4, -0.2) is 37.7 Å². The first-order valence-corrected chi connectivity index (χ1v) is 8.28. The lowest BCUT2D eigenvalue weighted by Gasteiger charge is -2.38. The third-order valence-corrected chi connectivity index (χ3v) is 4.63. The van der Waals surface area contributed by atoms with E-state index >= 15 is 0 Å². The Balaban J connectivity index is 1.98. The van der Waals surface area contributed by atoms with Crippen molar-refractivity contribution in [2.24, 2.45) is 5.92 Å². The molecular weight excluding hydrogens is 260 g/mol. The van der Waals surface area contributed by atoms with E-state index in [2.05, 4.69) is 55.4 Å².